The van der Waals surface area contributed by atoms with Gasteiger partial charge in [0.25, 0.3) is 10.0 Å². The van der Waals surface area contributed by atoms with Crippen molar-refractivity contribution in [3.63, 3.8) is 0 Å². The number of halogens is 2. The number of rotatable bonds is 13. The predicted molar refractivity (Wildman–Crippen MR) is 181 cm³/mol. The molecule has 9 nitrogen and oxygen atoms in total. The van der Waals surface area contributed by atoms with Gasteiger partial charge in [-0.3, -0.25) is 13.9 Å². The van der Waals surface area contributed by atoms with E-state index in [1.165, 1.54) is 37.3 Å². The number of methoxy groups -OCH3 is 2. The monoisotopic (exact) mass is 689 g/mol. The molecule has 0 bridgehead atoms. The molecule has 1 saturated carbocycles. The van der Waals surface area contributed by atoms with Crippen molar-refractivity contribution in [2.45, 2.75) is 75.9 Å². The molecule has 1 aliphatic carbocycles. The lowest BCUT2D eigenvalue weighted by Crippen LogP contribution is -2.54. The van der Waals surface area contributed by atoms with E-state index in [-0.39, 0.29) is 41.2 Å². The van der Waals surface area contributed by atoms with Crippen LogP contribution in [0.1, 0.15) is 56.6 Å². The molecule has 12 heteroatoms. The molecule has 1 fully saturated rings. The van der Waals surface area contributed by atoms with E-state index in [9.17, 15) is 18.0 Å². The third-order valence-corrected chi connectivity index (χ3v) is 10.8. The van der Waals surface area contributed by atoms with Crippen LogP contribution in [0.3, 0.4) is 0 Å². The Kier molecular flexibility index (Phi) is 12.2. The first-order valence-corrected chi connectivity index (χ1v) is 17.5. The molecule has 0 aromatic heterocycles. The Morgan fingerprint density at radius 1 is 0.957 bits per heavy atom. The molecule has 1 atom stereocenters. The summed E-state index contributed by atoms with van der Waals surface area (Å²) in [5.74, 6) is -0.350. The Morgan fingerprint density at radius 3 is 2.20 bits per heavy atom. The summed E-state index contributed by atoms with van der Waals surface area (Å²) < 4.78 is 40.6. The normalized spacial score (nSPS) is 14.3. The van der Waals surface area contributed by atoms with Gasteiger partial charge >= 0.3 is 0 Å². The lowest BCUT2D eigenvalue weighted by Gasteiger charge is -2.35. The van der Waals surface area contributed by atoms with Crippen molar-refractivity contribution in [3.05, 3.63) is 81.8 Å². The molecular weight excluding hydrogens is 649 g/mol. The highest BCUT2D eigenvalue weighted by Crippen LogP contribution is 2.36. The highest BCUT2D eigenvalue weighted by molar-refractivity contribution is 7.92. The fraction of sp³-hybridized carbons (Fsp3) is 0.412. The van der Waals surface area contributed by atoms with Crippen LogP contribution in [-0.4, -0.2) is 58.0 Å². The third-order valence-electron chi connectivity index (χ3n) is 8.27. The molecular formula is C34H41Cl2N3O6S. The van der Waals surface area contributed by atoms with E-state index >= 15 is 0 Å². The Labute approximate surface area is 281 Å². The minimum absolute atomic E-state index is 0.00983. The predicted octanol–water partition coefficient (Wildman–Crippen LogP) is 6.77. The van der Waals surface area contributed by atoms with Crippen LogP contribution in [0.4, 0.5) is 5.69 Å². The smallest absolute Gasteiger partial charge is 0.264 e. The van der Waals surface area contributed by atoms with Crippen molar-refractivity contribution < 1.29 is 27.5 Å². The second-order valence-corrected chi connectivity index (χ2v) is 14.0. The van der Waals surface area contributed by atoms with E-state index in [0.29, 0.717) is 21.4 Å². The number of hydrogen-bond acceptors (Lipinski definition) is 6. The van der Waals surface area contributed by atoms with Gasteiger partial charge in [-0.1, -0.05) is 73.2 Å². The number of aryl methyl sites for hydroxylation is 1. The summed E-state index contributed by atoms with van der Waals surface area (Å²) in [5.41, 5.74) is 1.43. The molecule has 0 spiro atoms. The first-order chi connectivity index (χ1) is 22.0. The number of ether oxygens (including phenoxy) is 2. The summed E-state index contributed by atoms with van der Waals surface area (Å²) in [6.07, 6.45) is 5.18. The lowest BCUT2D eigenvalue weighted by molar-refractivity contribution is -0.140. The van der Waals surface area contributed by atoms with Gasteiger partial charge in [0, 0.05) is 34.3 Å². The zero-order chi connectivity index (χ0) is 33.4. The first kappa shape index (κ1) is 35.4. The average molecular weight is 691 g/mol. The van der Waals surface area contributed by atoms with Crippen LogP contribution in [0.15, 0.2) is 65.6 Å². The van der Waals surface area contributed by atoms with Gasteiger partial charge in [0.15, 0.2) is 0 Å². The van der Waals surface area contributed by atoms with E-state index in [4.69, 9.17) is 32.7 Å². The van der Waals surface area contributed by atoms with Crippen molar-refractivity contribution in [2.24, 2.45) is 0 Å². The van der Waals surface area contributed by atoms with E-state index in [1.807, 2.05) is 13.8 Å². The standard InChI is InChI=1S/C34H41Cl2N3O6S/c1-5-30(34(41)37-24-10-7-6-8-11-24)38(21-27-28(35)12-9-13-29(27)36)33(40)22-39(31-20-25(44-3)16-19-32(31)45-4)46(42,43)26-17-14-23(2)15-18-26/h9,12-20,24,30H,5-8,10-11,21-22H2,1-4H3,(H,37,41)/t30-/m1/s1. The van der Waals surface area contributed by atoms with Gasteiger partial charge in [-0.2, -0.15) is 0 Å². The molecule has 0 radical (unpaired) electrons. The minimum Gasteiger partial charge on any atom is -0.497 e. The van der Waals surface area contributed by atoms with Crippen molar-refractivity contribution in [1.29, 1.82) is 0 Å². The number of anilines is 1. The SMILES string of the molecule is CC[C@H](C(=O)NC1CCCCC1)N(Cc1c(Cl)cccc1Cl)C(=O)CN(c1cc(OC)ccc1OC)S(=O)(=O)c1ccc(C)cc1. The molecule has 0 saturated heterocycles. The average Bonchev–Trinajstić information content (AvgIpc) is 3.05. The van der Waals surface area contributed by atoms with Gasteiger partial charge in [0.05, 0.1) is 24.8 Å². The van der Waals surface area contributed by atoms with Crippen molar-refractivity contribution >= 4 is 50.7 Å². The number of nitrogens with one attached hydrogen (secondary N) is 1. The van der Waals surface area contributed by atoms with Crippen LogP contribution >= 0.6 is 23.2 Å². The summed E-state index contributed by atoms with van der Waals surface area (Å²) in [4.78, 5) is 29.7. The molecule has 1 aliphatic rings. The van der Waals surface area contributed by atoms with Gasteiger partial charge in [0.1, 0.15) is 24.1 Å². The number of carbonyl (C=O) groups is 2. The van der Waals surface area contributed by atoms with Crippen molar-refractivity contribution in [1.82, 2.24) is 10.2 Å². The number of amides is 2. The minimum atomic E-state index is -4.32. The number of carbonyl (C=O) groups excluding carboxylic acids is 2. The summed E-state index contributed by atoms with van der Waals surface area (Å²) in [5, 5.41) is 3.78. The van der Waals surface area contributed by atoms with E-state index < -0.39 is 28.5 Å². The molecule has 0 aliphatic heterocycles. The maximum Gasteiger partial charge on any atom is 0.264 e. The zero-order valence-electron chi connectivity index (χ0n) is 26.6. The molecule has 0 unspecified atom stereocenters. The van der Waals surface area contributed by atoms with Crippen molar-refractivity contribution in [2.75, 3.05) is 25.1 Å². The van der Waals surface area contributed by atoms with Crippen LogP contribution in [-0.2, 0) is 26.2 Å². The highest BCUT2D eigenvalue weighted by atomic mass is 35.5. The van der Waals surface area contributed by atoms with Crippen LogP contribution in [0, 0.1) is 6.92 Å². The van der Waals surface area contributed by atoms with Crippen LogP contribution < -0.4 is 19.1 Å². The summed E-state index contributed by atoms with van der Waals surface area (Å²) >= 11 is 13.1. The number of sulfonamides is 1. The van der Waals surface area contributed by atoms with Crippen LogP contribution in [0.5, 0.6) is 11.5 Å². The molecule has 3 aromatic carbocycles. The number of hydrogen-bond donors (Lipinski definition) is 1. The first-order valence-electron chi connectivity index (χ1n) is 15.3. The maximum atomic E-state index is 14.5. The van der Waals surface area contributed by atoms with Gasteiger partial charge in [-0.15, -0.1) is 0 Å². The second kappa shape index (κ2) is 15.9. The lowest BCUT2D eigenvalue weighted by atomic mass is 9.95. The van der Waals surface area contributed by atoms with Crippen molar-refractivity contribution in [3.8, 4) is 11.5 Å². The van der Waals surface area contributed by atoms with Crippen LogP contribution in [0.2, 0.25) is 10.0 Å². The molecule has 4 rings (SSSR count). The molecule has 46 heavy (non-hydrogen) atoms. The Bertz CT molecular complexity index is 1610. The number of nitrogens with zero attached hydrogens (tertiary/aromatic N) is 2. The fourth-order valence-corrected chi connectivity index (χ4v) is 7.59. The van der Waals surface area contributed by atoms with Crippen LogP contribution in [0.25, 0.3) is 0 Å². The summed E-state index contributed by atoms with van der Waals surface area (Å²) in [7, 11) is -1.45. The number of benzene rings is 3. The maximum absolute atomic E-state index is 14.5. The van der Waals surface area contributed by atoms with E-state index in [0.717, 1.165) is 42.0 Å². The largest absolute Gasteiger partial charge is 0.497 e. The quantitative estimate of drug-likeness (QED) is 0.212. The molecule has 2 amide bonds. The topological polar surface area (TPSA) is 105 Å². The third kappa shape index (κ3) is 8.27. The molecule has 0 heterocycles. The molecule has 1 N–H and O–H groups in total. The van der Waals surface area contributed by atoms with Gasteiger partial charge in [0.2, 0.25) is 11.8 Å². The Balaban J connectivity index is 1.80. The molecule has 248 valence electrons. The second-order valence-electron chi connectivity index (χ2n) is 11.4. The van der Waals surface area contributed by atoms with E-state index in [2.05, 4.69) is 5.32 Å². The molecule has 3 aromatic rings. The van der Waals surface area contributed by atoms with Gasteiger partial charge in [-0.25, -0.2) is 8.42 Å². The summed E-state index contributed by atoms with van der Waals surface area (Å²) in [6.45, 7) is 2.91. The van der Waals surface area contributed by atoms with E-state index in [1.54, 1.807) is 42.5 Å². The fourth-order valence-electron chi connectivity index (χ4n) is 5.66. The van der Waals surface area contributed by atoms with Gasteiger partial charge < -0.3 is 19.7 Å². The summed E-state index contributed by atoms with van der Waals surface area (Å²) in [6, 6.07) is 15.2. The Hall–Kier alpha value is -3.47. The van der Waals surface area contributed by atoms with Gasteiger partial charge in [-0.05, 0) is 62.6 Å². The highest BCUT2D eigenvalue weighted by Gasteiger charge is 2.36. The Morgan fingerprint density at radius 2 is 1.61 bits per heavy atom. The zero-order valence-corrected chi connectivity index (χ0v) is 28.9.